The van der Waals surface area contributed by atoms with Gasteiger partial charge in [0.05, 0.1) is 0 Å². The SMILES string of the molecule is NCCCCCCCCCCCCc1ncc[nH]1. The minimum Gasteiger partial charge on any atom is -0.349 e. The largest absolute Gasteiger partial charge is 0.349 e. The summed E-state index contributed by atoms with van der Waals surface area (Å²) in [7, 11) is 0. The summed E-state index contributed by atoms with van der Waals surface area (Å²) < 4.78 is 0. The zero-order valence-corrected chi connectivity index (χ0v) is 11.7. The van der Waals surface area contributed by atoms with Gasteiger partial charge in [0.15, 0.2) is 0 Å². The molecular weight excluding hydrogens is 222 g/mol. The smallest absolute Gasteiger partial charge is 0.105 e. The predicted octanol–water partition coefficient (Wildman–Crippen LogP) is 3.81. The summed E-state index contributed by atoms with van der Waals surface area (Å²) in [4.78, 5) is 7.39. The summed E-state index contributed by atoms with van der Waals surface area (Å²) in [6, 6.07) is 0. The van der Waals surface area contributed by atoms with E-state index in [0.29, 0.717) is 0 Å². The van der Waals surface area contributed by atoms with E-state index in [1.807, 2.05) is 12.4 Å². The molecule has 1 heterocycles. The molecule has 104 valence electrons. The van der Waals surface area contributed by atoms with Crippen molar-refractivity contribution in [3.63, 3.8) is 0 Å². The Morgan fingerprint density at radius 2 is 1.39 bits per heavy atom. The van der Waals surface area contributed by atoms with Gasteiger partial charge in [-0.3, -0.25) is 0 Å². The number of nitrogens with one attached hydrogen (secondary N) is 1. The summed E-state index contributed by atoms with van der Waals surface area (Å²) in [5.41, 5.74) is 5.47. The maximum atomic E-state index is 5.47. The Kier molecular flexibility index (Phi) is 9.54. The summed E-state index contributed by atoms with van der Waals surface area (Å²) in [6.45, 7) is 0.857. The highest BCUT2D eigenvalue weighted by Crippen LogP contribution is 2.11. The quantitative estimate of drug-likeness (QED) is 0.555. The number of rotatable bonds is 12. The molecule has 0 aliphatic rings. The second-order valence-electron chi connectivity index (χ2n) is 5.11. The third-order valence-electron chi connectivity index (χ3n) is 3.42. The zero-order valence-electron chi connectivity index (χ0n) is 11.7. The lowest BCUT2D eigenvalue weighted by Gasteiger charge is -2.02. The molecule has 0 saturated carbocycles. The van der Waals surface area contributed by atoms with E-state index in [-0.39, 0.29) is 0 Å². The average Bonchev–Trinajstić information content (AvgIpc) is 2.89. The van der Waals surface area contributed by atoms with Crippen LogP contribution >= 0.6 is 0 Å². The molecule has 0 atom stereocenters. The second-order valence-corrected chi connectivity index (χ2v) is 5.11. The standard InChI is InChI=1S/C15H29N3/c16-12-10-8-6-4-2-1-3-5-7-9-11-15-17-13-14-18-15/h13-14H,1-12,16H2,(H,17,18). The summed E-state index contributed by atoms with van der Waals surface area (Å²) in [5.74, 6) is 1.13. The molecule has 0 aliphatic carbocycles. The van der Waals surface area contributed by atoms with Crippen LogP contribution in [-0.4, -0.2) is 16.5 Å². The van der Waals surface area contributed by atoms with E-state index >= 15 is 0 Å². The molecule has 18 heavy (non-hydrogen) atoms. The molecule has 3 nitrogen and oxygen atoms in total. The van der Waals surface area contributed by atoms with Crippen LogP contribution in [0.25, 0.3) is 0 Å². The molecule has 1 aromatic rings. The van der Waals surface area contributed by atoms with E-state index in [0.717, 1.165) is 18.8 Å². The second kappa shape index (κ2) is 11.3. The van der Waals surface area contributed by atoms with Crippen molar-refractivity contribution >= 4 is 0 Å². The molecule has 3 heteroatoms. The predicted molar refractivity (Wildman–Crippen MR) is 77.5 cm³/mol. The van der Waals surface area contributed by atoms with E-state index in [1.54, 1.807) is 0 Å². The number of H-pyrrole nitrogens is 1. The lowest BCUT2D eigenvalue weighted by Crippen LogP contribution is -1.97. The minimum atomic E-state index is 0.857. The van der Waals surface area contributed by atoms with Crippen LogP contribution in [0.4, 0.5) is 0 Å². The van der Waals surface area contributed by atoms with Crippen LogP contribution in [0, 0.1) is 0 Å². The molecule has 0 spiro atoms. The number of imidazole rings is 1. The first-order valence-corrected chi connectivity index (χ1v) is 7.62. The van der Waals surface area contributed by atoms with Gasteiger partial charge in [0, 0.05) is 18.8 Å². The Bertz CT molecular complexity index is 257. The number of aryl methyl sites for hydroxylation is 1. The molecule has 0 aromatic carbocycles. The normalized spacial score (nSPS) is 10.9. The van der Waals surface area contributed by atoms with Gasteiger partial charge in [-0.05, 0) is 19.4 Å². The fourth-order valence-electron chi connectivity index (χ4n) is 2.29. The highest BCUT2D eigenvalue weighted by atomic mass is 14.9. The number of hydrogen-bond acceptors (Lipinski definition) is 2. The van der Waals surface area contributed by atoms with Crippen LogP contribution in [0.1, 0.15) is 70.0 Å². The van der Waals surface area contributed by atoms with Gasteiger partial charge in [-0.2, -0.15) is 0 Å². The fraction of sp³-hybridized carbons (Fsp3) is 0.800. The van der Waals surface area contributed by atoms with E-state index in [1.165, 1.54) is 64.2 Å². The van der Waals surface area contributed by atoms with Crippen molar-refractivity contribution in [1.82, 2.24) is 9.97 Å². The molecular formula is C15H29N3. The first kappa shape index (κ1) is 15.2. The van der Waals surface area contributed by atoms with Gasteiger partial charge in [0.2, 0.25) is 0 Å². The van der Waals surface area contributed by atoms with Crippen LogP contribution in [0.2, 0.25) is 0 Å². The van der Waals surface area contributed by atoms with Crippen LogP contribution in [0.3, 0.4) is 0 Å². The van der Waals surface area contributed by atoms with Gasteiger partial charge >= 0.3 is 0 Å². The third-order valence-corrected chi connectivity index (χ3v) is 3.42. The number of nitrogens with zero attached hydrogens (tertiary/aromatic N) is 1. The molecule has 1 rings (SSSR count). The molecule has 0 unspecified atom stereocenters. The van der Waals surface area contributed by atoms with Gasteiger partial charge in [-0.1, -0.05) is 51.4 Å². The maximum absolute atomic E-state index is 5.47. The highest BCUT2D eigenvalue weighted by molar-refractivity contribution is 4.86. The van der Waals surface area contributed by atoms with Crippen LogP contribution in [0.5, 0.6) is 0 Å². The Hall–Kier alpha value is -0.830. The van der Waals surface area contributed by atoms with E-state index in [2.05, 4.69) is 9.97 Å². The lowest BCUT2D eigenvalue weighted by molar-refractivity contribution is 0.551. The van der Waals surface area contributed by atoms with Crippen molar-refractivity contribution in [2.24, 2.45) is 5.73 Å². The van der Waals surface area contributed by atoms with Crippen molar-refractivity contribution in [1.29, 1.82) is 0 Å². The van der Waals surface area contributed by atoms with E-state index in [4.69, 9.17) is 5.73 Å². The van der Waals surface area contributed by atoms with Gasteiger partial charge in [0.25, 0.3) is 0 Å². The van der Waals surface area contributed by atoms with Crippen molar-refractivity contribution in [3.8, 4) is 0 Å². The number of hydrogen-bond donors (Lipinski definition) is 2. The summed E-state index contributed by atoms with van der Waals surface area (Å²) in [5, 5.41) is 0. The van der Waals surface area contributed by atoms with Gasteiger partial charge in [0.1, 0.15) is 5.82 Å². The maximum Gasteiger partial charge on any atom is 0.105 e. The Balaban J connectivity index is 1.73. The van der Waals surface area contributed by atoms with Crippen molar-refractivity contribution in [2.75, 3.05) is 6.54 Å². The summed E-state index contributed by atoms with van der Waals surface area (Å²) >= 11 is 0. The fourth-order valence-corrected chi connectivity index (χ4v) is 2.29. The van der Waals surface area contributed by atoms with Crippen LogP contribution in [-0.2, 0) is 6.42 Å². The van der Waals surface area contributed by atoms with Crippen LogP contribution in [0.15, 0.2) is 12.4 Å². The molecule has 0 fully saturated rings. The van der Waals surface area contributed by atoms with Gasteiger partial charge in [-0.15, -0.1) is 0 Å². The monoisotopic (exact) mass is 251 g/mol. The van der Waals surface area contributed by atoms with Crippen LogP contribution < -0.4 is 5.73 Å². The molecule has 0 bridgehead atoms. The number of aromatic amines is 1. The average molecular weight is 251 g/mol. The third kappa shape index (κ3) is 8.29. The Morgan fingerprint density at radius 1 is 0.833 bits per heavy atom. The first-order valence-electron chi connectivity index (χ1n) is 7.62. The summed E-state index contributed by atoms with van der Waals surface area (Å²) in [6.07, 6.45) is 18.3. The highest BCUT2D eigenvalue weighted by Gasteiger charge is 1.95. The topological polar surface area (TPSA) is 54.7 Å². The number of aromatic nitrogens is 2. The molecule has 0 aliphatic heterocycles. The van der Waals surface area contributed by atoms with E-state index < -0.39 is 0 Å². The number of nitrogens with two attached hydrogens (primary N) is 1. The Morgan fingerprint density at radius 3 is 1.89 bits per heavy atom. The number of unbranched alkanes of at least 4 members (excludes halogenated alkanes) is 9. The molecule has 0 saturated heterocycles. The molecule has 1 aromatic heterocycles. The Labute approximate surface area is 112 Å². The van der Waals surface area contributed by atoms with E-state index in [9.17, 15) is 0 Å². The molecule has 0 amide bonds. The van der Waals surface area contributed by atoms with Crippen molar-refractivity contribution in [2.45, 2.75) is 70.6 Å². The van der Waals surface area contributed by atoms with Crippen molar-refractivity contribution < 1.29 is 0 Å². The molecule has 3 N–H and O–H groups in total. The zero-order chi connectivity index (χ0) is 12.9. The van der Waals surface area contributed by atoms with Gasteiger partial charge in [-0.25, -0.2) is 4.98 Å². The van der Waals surface area contributed by atoms with Crippen molar-refractivity contribution in [3.05, 3.63) is 18.2 Å². The van der Waals surface area contributed by atoms with Gasteiger partial charge < -0.3 is 10.7 Å². The lowest BCUT2D eigenvalue weighted by atomic mass is 10.1. The first-order chi connectivity index (χ1) is 8.93. The molecule has 0 radical (unpaired) electrons. The minimum absolute atomic E-state index is 0.857.